The normalized spacial score (nSPS) is 14.5. The molecule has 1 aliphatic heterocycles. The highest BCUT2D eigenvalue weighted by molar-refractivity contribution is 5.92. The van der Waals surface area contributed by atoms with Crippen LogP contribution in [0.3, 0.4) is 0 Å². The van der Waals surface area contributed by atoms with Crippen LogP contribution < -0.4 is 14.2 Å². The van der Waals surface area contributed by atoms with Gasteiger partial charge in [-0.15, -0.1) is 0 Å². The molecule has 0 amide bonds. The van der Waals surface area contributed by atoms with Crippen molar-refractivity contribution < 1.29 is 57.1 Å². The molecule has 0 spiro atoms. The molecule has 1 aliphatic carbocycles. The number of carbonyl (C=O) groups excluding carboxylic acids is 5. The quantitative estimate of drug-likeness (QED) is 0.0132. The Morgan fingerprint density at radius 1 is 0.573 bits per heavy atom. The molecule has 0 radical (unpaired) electrons. The zero-order chi connectivity index (χ0) is 59.1. The predicted molar refractivity (Wildman–Crippen MR) is 304 cm³/mol. The standard InChI is InChI=1S/C24H22N2O6.C23H23NO4.C19H23NO2/c1-2-3-4-11-29-20-9-10-21(19(13-26)18(20)12-25)32-23(27)17-7-5-16(6-8-17)14-31-24(28)22-15-30-22;1-3-5-6-7-17-10-13-21(20(14-17)15-24)28-23(26)19-11-8-18(9-12-19)16-27-22(25)4-2;1-2-19(21)22-13-3-4-15-5-9-17(10-6-15)18-11-7-16(14-20)8-12-18/h5-10,22H,2-4,11,14-15H2,1H3;4,8-14H,2-3,5-7,16H2,1H3;2,7-8,11-12,15,17H,1,3-6,9-10,13H2. The number of benzene rings is 5. The molecule has 1 atom stereocenters. The van der Waals surface area contributed by atoms with Crippen LogP contribution in [0.4, 0.5) is 0 Å². The van der Waals surface area contributed by atoms with Crippen molar-refractivity contribution >= 4 is 29.8 Å². The van der Waals surface area contributed by atoms with Crippen molar-refractivity contribution in [3.8, 4) is 41.5 Å². The number of epoxide rings is 1. The molecule has 5 aromatic rings. The fourth-order valence-corrected chi connectivity index (χ4v) is 8.67. The highest BCUT2D eigenvalue weighted by Gasteiger charge is 2.33. The van der Waals surface area contributed by atoms with E-state index < -0.39 is 30.0 Å². The molecule has 2 aliphatic rings. The van der Waals surface area contributed by atoms with Crippen LogP contribution in [0.15, 0.2) is 128 Å². The zero-order valence-corrected chi connectivity index (χ0v) is 46.5. The minimum atomic E-state index is -0.683. The molecular weight excluding hydrogens is 1040 g/mol. The van der Waals surface area contributed by atoms with E-state index >= 15 is 0 Å². The molecule has 1 saturated carbocycles. The largest absolute Gasteiger partial charge is 0.492 e. The Labute approximate surface area is 480 Å². The molecule has 16 heteroatoms. The summed E-state index contributed by atoms with van der Waals surface area (Å²) in [5.41, 5.74) is 5.49. The topological polar surface area (TPSA) is 248 Å². The van der Waals surface area contributed by atoms with Gasteiger partial charge in [0.25, 0.3) is 0 Å². The molecule has 1 saturated heterocycles. The van der Waals surface area contributed by atoms with Crippen molar-refractivity contribution in [2.45, 2.75) is 123 Å². The molecule has 7 rings (SSSR count). The van der Waals surface area contributed by atoms with E-state index in [0.29, 0.717) is 42.4 Å². The van der Waals surface area contributed by atoms with Gasteiger partial charge in [0.05, 0.1) is 48.1 Å². The number of nitrogens with zero attached hydrogens (tertiary/aromatic N) is 4. The number of nitriles is 4. The number of esters is 5. The van der Waals surface area contributed by atoms with E-state index in [4.69, 9.17) is 38.4 Å². The monoisotopic (exact) mass is 1110 g/mol. The van der Waals surface area contributed by atoms with Crippen molar-refractivity contribution in [1.29, 1.82) is 21.0 Å². The highest BCUT2D eigenvalue weighted by atomic mass is 16.6. The van der Waals surface area contributed by atoms with E-state index in [9.17, 15) is 39.8 Å². The molecule has 5 aromatic carbocycles. The third-order valence-electron chi connectivity index (χ3n) is 13.4. The molecule has 16 nitrogen and oxygen atoms in total. The number of rotatable bonds is 25. The van der Waals surface area contributed by atoms with Gasteiger partial charge in [0.2, 0.25) is 0 Å². The lowest BCUT2D eigenvalue weighted by Gasteiger charge is -2.28. The number of hydrogen-bond donors (Lipinski definition) is 0. The first-order valence-corrected chi connectivity index (χ1v) is 27.5. The fourth-order valence-electron chi connectivity index (χ4n) is 8.67. The maximum Gasteiger partial charge on any atom is 0.343 e. The van der Waals surface area contributed by atoms with Gasteiger partial charge in [0.1, 0.15) is 54.0 Å². The maximum absolute atomic E-state index is 12.5. The van der Waals surface area contributed by atoms with Gasteiger partial charge in [-0.1, -0.05) is 95.2 Å². The van der Waals surface area contributed by atoms with Gasteiger partial charge in [0, 0.05) is 12.2 Å². The molecule has 0 bridgehead atoms. The van der Waals surface area contributed by atoms with Gasteiger partial charge in [-0.2, -0.15) is 21.0 Å². The second-order valence-electron chi connectivity index (χ2n) is 19.4. The summed E-state index contributed by atoms with van der Waals surface area (Å²) in [6.45, 7) is 12.4. The van der Waals surface area contributed by atoms with Crippen LogP contribution in [-0.2, 0) is 53.0 Å². The van der Waals surface area contributed by atoms with Gasteiger partial charge >= 0.3 is 29.8 Å². The molecule has 424 valence electrons. The van der Waals surface area contributed by atoms with Crippen molar-refractivity contribution in [2.24, 2.45) is 5.92 Å². The van der Waals surface area contributed by atoms with E-state index in [-0.39, 0.29) is 53.1 Å². The number of unbranched alkanes of at least 4 members (excludes halogenated alkanes) is 4. The van der Waals surface area contributed by atoms with Crippen molar-refractivity contribution in [3.05, 3.63) is 184 Å². The van der Waals surface area contributed by atoms with Crippen LogP contribution in [0.25, 0.3) is 0 Å². The summed E-state index contributed by atoms with van der Waals surface area (Å²) in [4.78, 5) is 58.4. The third kappa shape index (κ3) is 21.0. The van der Waals surface area contributed by atoms with Crippen molar-refractivity contribution in [3.63, 3.8) is 0 Å². The third-order valence-corrected chi connectivity index (χ3v) is 13.4. The second kappa shape index (κ2) is 34.6. The van der Waals surface area contributed by atoms with E-state index in [1.807, 2.05) is 30.3 Å². The summed E-state index contributed by atoms with van der Waals surface area (Å²) >= 11 is 0. The summed E-state index contributed by atoms with van der Waals surface area (Å²) in [6.07, 6.45) is 15.9. The molecule has 0 N–H and O–H groups in total. The number of carbonyl (C=O) groups is 5. The van der Waals surface area contributed by atoms with E-state index in [0.717, 1.165) is 86.5 Å². The summed E-state index contributed by atoms with van der Waals surface area (Å²) in [5, 5.41) is 37.2. The molecular formula is C66H68N4O12. The van der Waals surface area contributed by atoms with Crippen molar-refractivity contribution in [2.75, 3.05) is 19.8 Å². The van der Waals surface area contributed by atoms with Gasteiger partial charge in [0.15, 0.2) is 11.9 Å². The second-order valence-corrected chi connectivity index (χ2v) is 19.4. The molecule has 82 heavy (non-hydrogen) atoms. The Bertz CT molecular complexity index is 3130. The minimum Gasteiger partial charge on any atom is -0.492 e. The van der Waals surface area contributed by atoms with E-state index in [1.165, 1.54) is 61.6 Å². The van der Waals surface area contributed by atoms with Crippen LogP contribution in [0.2, 0.25) is 0 Å². The SMILES string of the molecule is C=CC(=O)OCCCC1CCC(c2ccc(C#N)cc2)CC1.C=CC(=O)OCc1ccc(C(=O)Oc2ccc(CCCCC)cc2C#N)cc1.CCCCCOc1ccc(OC(=O)c2ccc(COC(=O)C3CO3)cc2)c(C#N)c1C#N. The first kappa shape index (κ1) is 63.5. The van der Waals surface area contributed by atoms with Gasteiger partial charge < -0.3 is 33.2 Å². The summed E-state index contributed by atoms with van der Waals surface area (Å²) in [7, 11) is 0. The number of hydrogen-bond acceptors (Lipinski definition) is 16. The Kier molecular flexibility index (Phi) is 26.8. The average molecular weight is 1110 g/mol. The lowest BCUT2D eigenvalue weighted by molar-refractivity contribution is -0.146. The minimum absolute atomic E-state index is 0.0163. The fraction of sp³-hybridized carbons (Fsp3) is 0.348. The smallest absolute Gasteiger partial charge is 0.343 e. The summed E-state index contributed by atoms with van der Waals surface area (Å²) in [6, 6.07) is 37.3. The van der Waals surface area contributed by atoms with Gasteiger partial charge in [-0.3, -0.25) is 0 Å². The van der Waals surface area contributed by atoms with Crippen LogP contribution in [0.5, 0.6) is 17.2 Å². The zero-order valence-electron chi connectivity index (χ0n) is 46.5. The molecule has 0 aromatic heterocycles. The van der Waals surface area contributed by atoms with E-state index in [1.54, 1.807) is 48.5 Å². The predicted octanol–water partition coefficient (Wildman–Crippen LogP) is 12.7. The van der Waals surface area contributed by atoms with Crippen LogP contribution in [0.1, 0.15) is 162 Å². The molecule has 2 fully saturated rings. The average Bonchev–Trinajstić information content (AvgIpc) is 4.49. The number of ether oxygens (including phenoxy) is 7. The molecule has 1 heterocycles. The van der Waals surface area contributed by atoms with Crippen LogP contribution in [0, 0.1) is 51.2 Å². The van der Waals surface area contributed by atoms with Gasteiger partial charge in [-0.25, -0.2) is 24.0 Å². The first-order chi connectivity index (χ1) is 39.9. The Balaban J connectivity index is 0.000000229. The Morgan fingerprint density at radius 3 is 1.67 bits per heavy atom. The molecule has 1 unspecified atom stereocenters. The lowest BCUT2D eigenvalue weighted by atomic mass is 9.77. The maximum atomic E-state index is 12.5. The lowest BCUT2D eigenvalue weighted by Crippen LogP contribution is -2.14. The van der Waals surface area contributed by atoms with E-state index in [2.05, 4.69) is 51.3 Å². The first-order valence-electron chi connectivity index (χ1n) is 27.5. The van der Waals surface area contributed by atoms with Crippen LogP contribution in [-0.4, -0.2) is 55.8 Å². The van der Waals surface area contributed by atoms with Crippen molar-refractivity contribution in [1.82, 2.24) is 0 Å². The Morgan fingerprint density at radius 2 is 1.11 bits per heavy atom. The van der Waals surface area contributed by atoms with Gasteiger partial charge in [-0.05, 0) is 153 Å². The van der Waals surface area contributed by atoms with Crippen LogP contribution >= 0.6 is 0 Å². The summed E-state index contributed by atoms with van der Waals surface area (Å²) < 4.78 is 36.3. The Hall–Kier alpha value is -9.35. The number of aryl methyl sites for hydroxylation is 1. The summed E-state index contributed by atoms with van der Waals surface area (Å²) in [5.74, 6) is -0.594. The highest BCUT2D eigenvalue weighted by Crippen LogP contribution is 2.38.